The normalized spacial score (nSPS) is 10.9. The van der Waals surface area contributed by atoms with Gasteiger partial charge in [-0.15, -0.1) is 5.10 Å². The van der Waals surface area contributed by atoms with E-state index >= 15 is 0 Å². The summed E-state index contributed by atoms with van der Waals surface area (Å²) in [5.74, 6) is 0.558. The monoisotopic (exact) mass is 277 g/mol. The van der Waals surface area contributed by atoms with Crippen molar-refractivity contribution in [2.45, 2.75) is 26.8 Å². The smallest absolute Gasteiger partial charge is 0.172 e. The lowest BCUT2D eigenvalue weighted by atomic mass is 10.1. The van der Waals surface area contributed by atoms with Crippen molar-refractivity contribution < 1.29 is 4.79 Å². The highest BCUT2D eigenvalue weighted by molar-refractivity contribution is 6.33. The van der Waals surface area contributed by atoms with Gasteiger partial charge in [-0.25, -0.2) is 4.68 Å². The standard InChI is InChI=1S/C14H16ClN3O/c1-10(2)7-8-18-14(13(9-19)16-17-18)11-5-3-4-6-12(11)15/h3-6,9-10H,7-8H2,1-2H3. The summed E-state index contributed by atoms with van der Waals surface area (Å²) in [6.45, 7) is 5.01. The molecule has 100 valence electrons. The van der Waals surface area contributed by atoms with Gasteiger partial charge in [0.1, 0.15) is 5.69 Å². The second-order valence-electron chi connectivity index (χ2n) is 4.83. The average Bonchev–Trinajstić information content (AvgIpc) is 2.79. The highest BCUT2D eigenvalue weighted by Gasteiger charge is 2.16. The summed E-state index contributed by atoms with van der Waals surface area (Å²) in [5, 5.41) is 8.57. The molecule has 0 atom stereocenters. The molecule has 0 radical (unpaired) electrons. The SMILES string of the molecule is CC(C)CCn1nnc(C=O)c1-c1ccccc1Cl. The Morgan fingerprint density at radius 1 is 1.37 bits per heavy atom. The van der Waals surface area contributed by atoms with Crippen LogP contribution in [0.15, 0.2) is 24.3 Å². The molecule has 1 aromatic carbocycles. The third-order valence-electron chi connectivity index (χ3n) is 2.92. The van der Waals surface area contributed by atoms with Gasteiger partial charge in [0.15, 0.2) is 12.0 Å². The Balaban J connectivity index is 2.45. The van der Waals surface area contributed by atoms with Crippen molar-refractivity contribution in [2.75, 3.05) is 0 Å². The highest BCUT2D eigenvalue weighted by atomic mass is 35.5. The van der Waals surface area contributed by atoms with Crippen molar-refractivity contribution in [3.63, 3.8) is 0 Å². The minimum Gasteiger partial charge on any atom is -0.296 e. The van der Waals surface area contributed by atoms with Crippen molar-refractivity contribution in [1.29, 1.82) is 0 Å². The van der Waals surface area contributed by atoms with Crippen LogP contribution in [0, 0.1) is 5.92 Å². The first-order valence-corrected chi connectivity index (χ1v) is 6.65. The van der Waals surface area contributed by atoms with E-state index in [9.17, 15) is 4.79 Å². The molecule has 0 bridgehead atoms. The van der Waals surface area contributed by atoms with Crippen LogP contribution in [0.1, 0.15) is 30.8 Å². The third kappa shape index (κ3) is 3.01. The molecule has 0 aliphatic rings. The molecule has 0 aliphatic carbocycles. The maximum absolute atomic E-state index is 11.1. The zero-order valence-corrected chi connectivity index (χ0v) is 11.8. The lowest BCUT2D eigenvalue weighted by molar-refractivity contribution is 0.111. The topological polar surface area (TPSA) is 47.8 Å². The molecule has 1 aromatic heterocycles. The first kappa shape index (κ1) is 13.7. The molecule has 0 saturated heterocycles. The molecule has 0 spiro atoms. The Labute approximate surface area is 117 Å². The number of rotatable bonds is 5. The maximum Gasteiger partial charge on any atom is 0.172 e. The molecule has 4 nitrogen and oxygen atoms in total. The largest absolute Gasteiger partial charge is 0.296 e. The van der Waals surface area contributed by atoms with E-state index in [-0.39, 0.29) is 0 Å². The van der Waals surface area contributed by atoms with Gasteiger partial charge in [-0.2, -0.15) is 0 Å². The Bertz CT molecular complexity index is 578. The van der Waals surface area contributed by atoms with Gasteiger partial charge in [-0.1, -0.05) is 48.9 Å². The van der Waals surface area contributed by atoms with E-state index in [2.05, 4.69) is 24.2 Å². The van der Waals surface area contributed by atoms with Gasteiger partial charge in [0.05, 0.1) is 5.02 Å². The number of hydrogen-bond donors (Lipinski definition) is 0. The van der Waals surface area contributed by atoms with Gasteiger partial charge in [0, 0.05) is 12.1 Å². The van der Waals surface area contributed by atoms with Crippen LogP contribution in [0.4, 0.5) is 0 Å². The minimum absolute atomic E-state index is 0.330. The van der Waals surface area contributed by atoms with Crippen LogP contribution in [-0.4, -0.2) is 21.3 Å². The van der Waals surface area contributed by atoms with Crippen LogP contribution in [0.5, 0.6) is 0 Å². The summed E-state index contributed by atoms with van der Waals surface area (Å²) in [6.07, 6.45) is 1.69. The Hall–Kier alpha value is -1.68. The van der Waals surface area contributed by atoms with Crippen LogP contribution in [0.25, 0.3) is 11.3 Å². The van der Waals surface area contributed by atoms with E-state index in [0.29, 0.717) is 22.3 Å². The number of hydrogen-bond acceptors (Lipinski definition) is 3. The molecule has 0 N–H and O–H groups in total. The predicted octanol–water partition coefficient (Wildman–Crippen LogP) is 3.46. The minimum atomic E-state index is 0.330. The Kier molecular flexibility index (Phi) is 4.32. The number of halogens is 1. The third-order valence-corrected chi connectivity index (χ3v) is 3.25. The van der Waals surface area contributed by atoms with E-state index in [1.54, 1.807) is 10.7 Å². The average molecular weight is 278 g/mol. The van der Waals surface area contributed by atoms with Crippen molar-refractivity contribution >= 4 is 17.9 Å². The number of aromatic nitrogens is 3. The second kappa shape index (κ2) is 5.97. The van der Waals surface area contributed by atoms with Crippen molar-refractivity contribution in [2.24, 2.45) is 5.92 Å². The second-order valence-corrected chi connectivity index (χ2v) is 5.23. The fraction of sp³-hybridized carbons (Fsp3) is 0.357. The van der Waals surface area contributed by atoms with Crippen molar-refractivity contribution in [3.05, 3.63) is 35.0 Å². The van der Waals surface area contributed by atoms with Gasteiger partial charge in [-0.05, 0) is 18.4 Å². The molecule has 5 heteroatoms. The summed E-state index contributed by atoms with van der Waals surface area (Å²) >= 11 is 6.19. The number of aldehydes is 1. The molecule has 0 fully saturated rings. The number of carbonyl (C=O) groups excluding carboxylic acids is 1. The van der Waals surface area contributed by atoms with Crippen LogP contribution < -0.4 is 0 Å². The Morgan fingerprint density at radius 2 is 2.11 bits per heavy atom. The quantitative estimate of drug-likeness (QED) is 0.787. The summed E-state index contributed by atoms with van der Waals surface area (Å²) < 4.78 is 1.75. The Morgan fingerprint density at radius 3 is 2.74 bits per heavy atom. The molecule has 2 aromatic rings. The molecule has 2 rings (SSSR count). The molecule has 0 aliphatic heterocycles. The van der Waals surface area contributed by atoms with Crippen LogP contribution >= 0.6 is 11.6 Å². The van der Waals surface area contributed by atoms with Crippen molar-refractivity contribution in [1.82, 2.24) is 15.0 Å². The molecule has 1 heterocycles. The molecular formula is C14H16ClN3O. The molecule has 0 unspecified atom stereocenters. The lowest BCUT2D eigenvalue weighted by Gasteiger charge is -2.09. The number of nitrogens with zero attached hydrogens (tertiary/aromatic N) is 3. The van der Waals surface area contributed by atoms with E-state index < -0.39 is 0 Å². The van der Waals surface area contributed by atoms with Gasteiger partial charge in [0.25, 0.3) is 0 Å². The van der Waals surface area contributed by atoms with E-state index in [4.69, 9.17) is 11.6 Å². The summed E-state index contributed by atoms with van der Waals surface area (Å²) in [7, 11) is 0. The lowest BCUT2D eigenvalue weighted by Crippen LogP contribution is -2.06. The summed E-state index contributed by atoms with van der Waals surface area (Å²) in [4.78, 5) is 11.1. The van der Waals surface area contributed by atoms with Gasteiger partial charge in [0.2, 0.25) is 0 Å². The van der Waals surface area contributed by atoms with Crippen LogP contribution in [0.3, 0.4) is 0 Å². The number of carbonyl (C=O) groups is 1. The summed E-state index contributed by atoms with van der Waals surface area (Å²) in [5.41, 5.74) is 1.82. The zero-order chi connectivity index (χ0) is 13.8. The zero-order valence-electron chi connectivity index (χ0n) is 11.0. The van der Waals surface area contributed by atoms with Crippen molar-refractivity contribution in [3.8, 4) is 11.3 Å². The van der Waals surface area contributed by atoms with E-state index in [1.165, 1.54) is 0 Å². The fourth-order valence-electron chi connectivity index (χ4n) is 1.87. The van der Waals surface area contributed by atoms with Crippen LogP contribution in [0.2, 0.25) is 5.02 Å². The maximum atomic E-state index is 11.1. The van der Waals surface area contributed by atoms with Gasteiger partial charge >= 0.3 is 0 Å². The van der Waals surface area contributed by atoms with Gasteiger partial charge < -0.3 is 0 Å². The first-order valence-electron chi connectivity index (χ1n) is 6.27. The molecule has 0 saturated carbocycles. The van der Waals surface area contributed by atoms with Gasteiger partial charge in [-0.3, -0.25) is 4.79 Å². The van der Waals surface area contributed by atoms with E-state index in [0.717, 1.165) is 24.8 Å². The predicted molar refractivity (Wildman–Crippen MR) is 75.3 cm³/mol. The fourth-order valence-corrected chi connectivity index (χ4v) is 2.10. The number of benzene rings is 1. The first-order chi connectivity index (χ1) is 9.13. The molecule has 0 amide bonds. The van der Waals surface area contributed by atoms with Crippen LogP contribution in [-0.2, 0) is 6.54 Å². The molecular weight excluding hydrogens is 262 g/mol. The summed E-state index contributed by atoms with van der Waals surface area (Å²) in [6, 6.07) is 7.41. The molecule has 19 heavy (non-hydrogen) atoms. The number of aryl methyl sites for hydroxylation is 1. The van der Waals surface area contributed by atoms with E-state index in [1.807, 2.05) is 18.2 Å². The highest BCUT2D eigenvalue weighted by Crippen LogP contribution is 2.29.